The number of ether oxygens (including phenoxy) is 1. The maximum atomic E-state index is 5.67. The second-order valence-corrected chi connectivity index (χ2v) is 5.55. The van der Waals surface area contributed by atoms with E-state index in [4.69, 9.17) is 4.74 Å². The summed E-state index contributed by atoms with van der Waals surface area (Å²) >= 11 is 0. The molecule has 1 aromatic carbocycles. The van der Waals surface area contributed by atoms with Crippen LogP contribution in [-0.2, 0) is 26.1 Å². The standard InChI is InChI=1S/C15H18N4O/c1-2-13-8-12(3-4-14(13)20-7-1)9-18-5-6-19-11-16-17-15(19)10-18/h3-4,8,11H,1-2,5-7,9-10H2. The van der Waals surface area contributed by atoms with Gasteiger partial charge in [0, 0.05) is 19.6 Å². The van der Waals surface area contributed by atoms with Crippen molar-refractivity contribution in [2.45, 2.75) is 32.5 Å². The average Bonchev–Trinajstić information content (AvgIpc) is 2.95. The van der Waals surface area contributed by atoms with Crippen LogP contribution >= 0.6 is 0 Å². The summed E-state index contributed by atoms with van der Waals surface area (Å²) in [6.45, 7) is 4.75. The van der Waals surface area contributed by atoms with Crippen LogP contribution in [0.5, 0.6) is 5.75 Å². The van der Waals surface area contributed by atoms with Gasteiger partial charge in [0.1, 0.15) is 17.9 Å². The molecule has 2 aliphatic heterocycles. The van der Waals surface area contributed by atoms with E-state index in [-0.39, 0.29) is 0 Å². The number of benzene rings is 1. The van der Waals surface area contributed by atoms with E-state index >= 15 is 0 Å². The lowest BCUT2D eigenvalue weighted by atomic mass is 10.0. The molecular weight excluding hydrogens is 252 g/mol. The van der Waals surface area contributed by atoms with Crippen LogP contribution in [0.2, 0.25) is 0 Å². The summed E-state index contributed by atoms with van der Waals surface area (Å²) in [6, 6.07) is 6.60. The molecule has 5 nitrogen and oxygen atoms in total. The van der Waals surface area contributed by atoms with Gasteiger partial charge in [0.15, 0.2) is 0 Å². The van der Waals surface area contributed by atoms with Gasteiger partial charge in [-0.2, -0.15) is 0 Å². The monoisotopic (exact) mass is 270 g/mol. The number of rotatable bonds is 2. The van der Waals surface area contributed by atoms with Gasteiger partial charge in [0.05, 0.1) is 13.2 Å². The first-order chi connectivity index (χ1) is 9.88. The SMILES string of the molecule is c1cc2c(cc1CN1CCn3cnnc3C1)CCCO2. The maximum Gasteiger partial charge on any atom is 0.147 e. The molecule has 0 saturated heterocycles. The Hall–Kier alpha value is -1.88. The summed E-state index contributed by atoms with van der Waals surface area (Å²) < 4.78 is 7.81. The minimum atomic E-state index is 0.855. The molecule has 20 heavy (non-hydrogen) atoms. The van der Waals surface area contributed by atoms with E-state index in [1.54, 1.807) is 0 Å². The van der Waals surface area contributed by atoms with Crippen molar-refractivity contribution >= 4 is 0 Å². The summed E-state index contributed by atoms with van der Waals surface area (Å²) in [6.07, 6.45) is 4.09. The van der Waals surface area contributed by atoms with Gasteiger partial charge in [-0.25, -0.2) is 0 Å². The van der Waals surface area contributed by atoms with Crippen LogP contribution in [0.1, 0.15) is 23.4 Å². The molecule has 0 aliphatic carbocycles. The van der Waals surface area contributed by atoms with Gasteiger partial charge in [-0.3, -0.25) is 4.90 Å². The molecule has 0 radical (unpaired) electrons. The van der Waals surface area contributed by atoms with E-state index < -0.39 is 0 Å². The third-order valence-corrected chi connectivity index (χ3v) is 4.10. The van der Waals surface area contributed by atoms with Gasteiger partial charge in [-0.15, -0.1) is 10.2 Å². The first-order valence-corrected chi connectivity index (χ1v) is 7.22. The third kappa shape index (κ3) is 2.18. The quantitative estimate of drug-likeness (QED) is 0.831. The van der Waals surface area contributed by atoms with Crippen molar-refractivity contribution in [3.8, 4) is 5.75 Å². The lowest BCUT2D eigenvalue weighted by Gasteiger charge is -2.27. The molecule has 0 N–H and O–H groups in total. The van der Waals surface area contributed by atoms with Crippen molar-refractivity contribution in [1.82, 2.24) is 19.7 Å². The summed E-state index contributed by atoms with van der Waals surface area (Å²) in [5, 5.41) is 8.14. The van der Waals surface area contributed by atoms with E-state index in [0.29, 0.717) is 0 Å². The Morgan fingerprint density at radius 1 is 1.25 bits per heavy atom. The molecule has 2 aliphatic rings. The fourth-order valence-corrected chi connectivity index (χ4v) is 3.02. The Kier molecular flexibility index (Phi) is 2.92. The molecule has 0 fully saturated rings. The molecule has 104 valence electrons. The summed E-state index contributed by atoms with van der Waals surface area (Å²) in [4.78, 5) is 2.43. The lowest BCUT2D eigenvalue weighted by molar-refractivity contribution is 0.208. The molecule has 0 spiro atoms. The molecule has 0 atom stereocenters. The Labute approximate surface area is 118 Å². The highest BCUT2D eigenvalue weighted by molar-refractivity contribution is 5.38. The molecule has 0 bridgehead atoms. The molecule has 0 unspecified atom stereocenters. The Bertz CT molecular complexity index is 622. The van der Waals surface area contributed by atoms with Gasteiger partial charge < -0.3 is 9.30 Å². The van der Waals surface area contributed by atoms with Crippen LogP contribution in [0, 0.1) is 0 Å². The van der Waals surface area contributed by atoms with Crippen molar-refractivity contribution in [2.24, 2.45) is 0 Å². The number of aromatic nitrogens is 3. The minimum Gasteiger partial charge on any atom is -0.493 e. The molecule has 3 heterocycles. The first kappa shape index (κ1) is 11.9. The average molecular weight is 270 g/mol. The molecule has 0 saturated carbocycles. The zero-order valence-electron chi connectivity index (χ0n) is 11.5. The summed E-state index contributed by atoms with van der Waals surface area (Å²) in [7, 11) is 0. The van der Waals surface area contributed by atoms with Gasteiger partial charge in [-0.05, 0) is 30.0 Å². The largest absolute Gasteiger partial charge is 0.493 e. The normalized spacial score (nSPS) is 18.2. The predicted molar refractivity (Wildman–Crippen MR) is 74.4 cm³/mol. The molecule has 1 aromatic heterocycles. The maximum absolute atomic E-state index is 5.67. The number of hydrogen-bond donors (Lipinski definition) is 0. The Balaban J connectivity index is 1.49. The highest BCUT2D eigenvalue weighted by Crippen LogP contribution is 2.26. The van der Waals surface area contributed by atoms with Crippen molar-refractivity contribution in [2.75, 3.05) is 13.2 Å². The second-order valence-electron chi connectivity index (χ2n) is 5.55. The van der Waals surface area contributed by atoms with Crippen molar-refractivity contribution in [3.63, 3.8) is 0 Å². The smallest absolute Gasteiger partial charge is 0.147 e. The predicted octanol–water partition coefficient (Wildman–Crippen LogP) is 1.62. The highest BCUT2D eigenvalue weighted by atomic mass is 16.5. The van der Waals surface area contributed by atoms with Gasteiger partial charge in [0.25, 0.3) is 0 Å². The van der Waals surface area contributed by atoms with Gasteiger partial charge in [-0.1, -0.05) is 12.1 Å². The zero-order valence-corrected chi connectivity index (χ0v) is 11.5. The van der Waals surface area contributed by atoms with Crippen LogP contribution in [0.25, 0.3) is 0 Å². The van der Waals surface area contributed by atoms with Crippen molar-refractivity contribution < 1.29 is 4.74 Å². The lowest BCUT2D eigenvalue weighted by Crippen LogP contribution is -2.33. The van der Waals surface area contributed by atoms with E-state index in [1.165, 1.54) is 11.1 Å². The van der Waals surface area contributed by atoms with Gasteiger partial charge in [0.2, 0.25) is 0 Å². The fourth-order valence-electron chi connectivity index (χ4n) is 3.02. The molecule has 5 heteroatoms. The minimum absolute atomic E-state index is 0.855. The third-order valence-electron chi connectivity index (χ3n) is 4.10. The van der Waals surface area contributed by atoms with E-state index in [1.807, 2.05) is 6.33 Å². The zero-order chi connectivity index (χ0) is 13.4. The molecular formula is C15H18N4O. The van der Waals surface area contributed by atoms with Crippen LogP contribution in [-0.4, -0.2) is 32.8 Å². The Morgan fingerprint density at radius 2 is 2.25 bits per heavy atom. The van der Waals surface area contributed by atoms with E-state index in [9.17, 15) is 0 Å². The van der Waals surface area contributed by atoms with Crippen LogP contribution in [0.3, 0.4) is 0 Å². The summed E-state index contributed by atoms with van der Waals surface area (Å²) in [5.74, 6) is 2.14. The number of fused-ring (bicyclic) bond motifs is 2. The molecule has 0 amide bonds. The molecule has 4 rings (SSSR count). The number of nitrogens with zero attached hydrogens (tertiary/aromatic N) is 4. The second kappa shape index (κ2) is 4.90. The first-order valence-electron chi connectivity index (χ1n) is 7.22. The van der Waals surface area contributed by atoms with Crippen molar-refractivity contribution in [3.05, 3.63) is 41.5 Å². The number of hydrogen-bond acceptors (Lipinski definition) is 4. The summed E-state index contributed by atoms with van der Waals surface area (Å²) in [5.41, 5.74) is 2.72. The Morgan fingerprint density at radius 3 is 3.25 bits per heavy atom. The fraction of sp³-hybridized carbons (Fsp3) is 0.467. The topological polar surface area (TPSA) is 43.2 Å². The van der Waals surface area contributed by atoms with Crippen molar-refractivity contribution in [1.29, 1.82) is 0 Å². The van der Waals surface area contributed by atoms with Crippen LogP contribution < -0.4 is 4.74 Å². The highest BCUT2D eigenvalue weighted by Gasteiger charge is 2.18. The van der Waals surface area contributed by atoms with E-state index in [0.717, 1.165) is 57.2 Å². The number of aryl methyl sites for hydroxylation is 1. The van der Waals surface area contributed by atoms with Crippen LogP contribution in [0.4, 0.5) is 0 Å². The van der Waals surface area contributed by atoms with Gasteiger partial charge >= 0.3 is 0 Å². The van der Waals surface area contributed by atoms with E-state index in [2.05, 4.69) is 37.9 Å². The van der Waals surface area contributed by atoms with Crippen LogP contribution in [0.15, 0.2) is 24.5 Å². The molecule has 2 aromatic rings.